The Kier molecular flexibility index (Phi) is 7.01. The van der Waals surface area contributed by atoms with Crippen molar-refractivity contribution in [1.29, 1.82) is 0 Å². The second-order valence-corrected chi connectivity index (χ2v) is 10.1. The third-order valence-corrected chi connectivity index (χ3v) is 8.20. The Labute approximate surface area is 182 Å². The molecule has 0 radical (unpaired) electrons. The molecule has 2 N–H and O–H groups in total. The van der Waals surface area contributed by atoms with Crippen LogP contribution in [0.5, 0.6) is 11.5 Å². The van der Waals surface area contributed by atoms with Crippen molar-refractivity contribution in [1.82, 2.24) is 10.4 Å². The first-order valence-electron chi connectivity index (χ1n) is 9.98. The van der Waals surface area contributed by atoms with E-state index in [9.17, 15) is 13.2 Å². The number of carbonyl (C=O) groups excluding carboxylic acids is 1. The fourth-order valence-electron chi connectivity index (χ4n) is 3.87. The molecule has 0 spiro atoms. The SMILES string of the molecule is C#CCN1CCC(CC(=O)NO)(S(=O)(=O)c2ccc(Oc3cccc(C)c3)cc2)CC1. The first-order chi connectivity index (χ1) is 14.8. The van der Waals surface area contributed by atoms with Crippen LogP contribution in [0.4, 0.5) is 0 Å². The molecule has 3 rings (SSSR count). The highest BCUT2D eigenvalue weighted by Gasteiger charge is 2.48. The summed E-state index contributed by atoms with van der Waals surface area (Å²) >= 11 is 0. The lowest BCUT2D eigenvalue weighted by Gasteiger charge is -2.40. The number of likely N-dealkylation sites (tertiary alicyclic amines) is 1. The maximum absolute atomic E-state index is 13.6. The second kappa shape index (κ2) is 9.52. The highest BCUT2D eigenvalue weighted by molar-refractivity contribution is 7.92. The number of aryl methyl sites for hydroxylation is 1. The molecule has 7 nitrogen and oxygen atoms in total. The van der Waals surface area contributed by atoms with Crippen LogP contribution in [-0.4, -0.2) is 48.8 Å². The molecule has 1 saturated heterocycles. The van der Waals surface area contributed by atoms with Gasteiger partial charge in [0.15, 0.2) is 9.84 Å². The zero-order valence-electron chi connectivity index (χ0n) is 17.4. The van der Waals surface area contributed by atoms with E-state index in [1.165, 1.54) is 12.1 Å². The van der Waals surface area contributed by atoms with E-state index >= 15 is 0 Å². The zero-order chi connectivity index (χ0) is 22.5. The molecule has 164 valence electrons. The molecule has 0 bridgehead atoms. The highest BCUT2D eigenvalue weighted by Crippen LogP contribution is 2.39. The number of amides is 1. The molecule has 1 aliphatic heterocycles. The van der Waals surface area contributed by atoms with Gasteiger partial charge in [-0.1, -0.05) is 18.1 Å². The largest absolute Gasteiger partial charge is 0.457 e. The van der Waals surface area contributed by atoms with Crippen molar-refractivity contribution in [2.75, 3.05) is 19.6 Å². The average molecular weight is 443 g/mol. The Morgan fingerprint density at radius 3 is 2.45 bits per heavy atom. The Hall–Kier alpha value is -2.86. The Morgan fingerprint density at radius 1 is 1.19 bits per heavy atom. The molecule has 1 fully saturated rings. The molecule has 1 aliphatic rings. The number of nitrogens with one attached hydrogen (secondary N) is 1. The predicted octanol–water partition coefficient (Wildman–Crippen LogP) is 2.92. The molecular formula is C23H26N2O5S. The van der Waals surface area contributed by atoms with E-state index in [1.807, 2.05) is 36.1 Å². The number of hydrogen-bond donors (Lipinski definition) is 2. The van der Waals surface area contributed by atoms with Crippen molar-refractivity contribution >= 4 is 15.7 Å². The van der Waals surface area contributed by atoms with Crippen LogP contribution in [0, 0.1) is 19.3 Å². The summed E-state index contributed by atoms with van der Waals surface area (Å²) < 4.78 is 31.6. The van der Waals surface area contributed by atoms with Crippen molar-refractivity contribution in [3.8, 4) is 23.8 Å². The van der Waals surface area contributed by atoms with Crippen LogP contribution in [0.2, 0.25) is 0 Å². The van der Waals surface area contributed by atoms with Gasteiger partial charge in [-0.3, -0.25) is 14.9 Å². The quantitative estimate of drug-likeness (QED) is 0.389. The highest BCUT2D eigenvalue weighted by atomic mass is 32.2. The van der Waals surface area contributed by atoms with E-state index in [-0.39, 0.29) is 24.2 Å². The van der Waals surface area contributed by atoms with E-state index in [0.29, 0.717) is 31.1 Å². The molecule has 0 unspecified atom stereocenters. The van der Waals surface area contributed by atoms with Crippen molar-refractivity contribution in [2.24, 2.45) is 0 Å². The number of nitrogens with zero attached hydrogens (tertiary/aromatic N) is 1. The van der Waals surface area contributed by atoms with Crippen LogP contribution in [0.3, 0.4) is 0 Å². The maximum atomic E-state index is 13.6. The fourth-order valence-corrected chi connectivity index (χ4v) is 5.91. The Morgan fingerprint density at radius 2 is 1.87 bits per heavy atom. The van der Waals surface area contributed by atoms with E-state index < -0.39 is 20.5 Å². The number of terminal acetylenes is 1. The number of piperidine rings is 1. The first-order valence-corrected chi connectivity index (χ1v) is 11.5. The number of hydroxylamine groups is 1. The molecule has 0 aromatic heterocycles. The van der Waals surface area contributed by atoms with Crippen molar-refractivity contribution in [3.05, 3.63) is 54.1 Å². The van der Waals surface area contributed by atoms with Gasteiger partial charge in [0, 0.05) is 19.5 Å². The summed E-state index contributed by atoms with van der Waals surface area (Å²) in [6.07, 6.45) is 5.53. The number of hydrogen-bond acceptors (Lipinski definition) is 6. The third-order valence-electron chi connectivity index (χ3n) is 5.62. The van der Waals surface area contributed by atoms with Gasteiger partial charge in [0.05, 0.1) is 16.2 Å². The van der Waals surface area contributed by atoms with Gasteiger partial charge in [-0.15, -0.1) is 6.42 Å². The topological polar surface area (TPSA) is 95.9 Å². The zero-order valence-corrected chi connectivity index (χ0v) is 18.2. The van der Waals surface area contributed by atoms with Gasteiger partial charge in [-0.05, 0) is 61.7 Å². The standard InChI is InChI=1S/C23H26N2O5S/c1-3-13-25-14-11-23(12-15-25,17-22(26)24-27)31(28,29)21-9-7-19(8-10-21)30-20-6-4-5-18(2)16-20/h1,4-10,16,27H,11-15,17H2,2H3,(H,24,26). The van der Waals surface area contributed by atoms with Gasteiger partial charge in [0.1, 0.15) is 11.5 Å². The van der Waals surface area contributed by atoms with Crippen LogP contribution in [0.15, 0.2) is 53.4 Å². The fraction of sp³-hybridized carbons (Fsp3) is 0.348. The molecule has 2 aromatic rings. The molecule has 0 aliphatic carbocycles. The minimum absolute atomic E-state index is 0.111. The minimum atomic E-state index is -3.87. The number of ether oxygens (including phenoxy) is 1. The van der Waals surface area contributed by atoms with Gasteiger partial charge < -0.3 is 4.74 Å². The van der Waals surface area contributed by atoms with Crippen LogP contribution in [-0.2, 0) is 14.6 Å². The normalized spacial score (nSPS) is 16.3. The molecule has 0 saturated carbocycles. The number of benzene rings is 2. The van der Waals surface area contributed by atoms with E-state index in [2.05, 4.69) is 5.92 Å². The first kappa shape index (κ1) is 22.8. The van der Waals surface area contributed by atoms with Gasteiger partial charge >= 0.3 is 0 Å². The maximum Gasteiger partial charge on any atom is 0.244 e. The third kappa shape index (κ3) is 5.07. The molecule has 0 atom stereocenters. The second-order valence-electron chi connectivity index (χ2n) is 7.77. The van der Waals surface area contributed by atoms with Crippen LogP contribution in [0.25, 0.3) is 0 Å². The van der Waals surface area contributed by atoms with Crippen molar-refractivity contribution in [3.63, 3.8) is 0 Å². The average Bonchev–Trinajstić information content (AvgIpc) is 2.75. The Balaban J connectivity index is 1.85. The van der Waals surface area contributed by atoms with Gasteiger partial charge in [-0.25, -0.2) is 13.9 Å². The van der Waals surface area contributed by atoms with Crippen LogP contribution < -0.4 is 10.2 Å². The lowest BCUT2D eigenvalue weighted by Crippen LogP contribution is -2.51. The van der Waals surface area contributed by atoms with E-state index in [1.54, 1.807) is 17.6 Å². The van der Waals surface area contributed by atoms with Gasteiger partial charge in [0.2, 0.25) is 5.91 Å². The van der Waals surface area contributed by atoms with E-state index in [4.69, 9.17) is 16.4 Å². The lowest BCUT2D eigenvalue weighted by atomic mass is 9.92. The van der Waals surface area contributed by atoms with Gasteiger partial charge in [-0.2, -0.15) is 0 Å². The summed E-state index contributed by atoms with van der Waals surface area (Å²) in [5.41, 5.74) is 2.62. The van der Waals surface area contributed by atoms with Crippen molar-refractivity contribution in [2.45, 2.75) is 35.8 Å². The van der Waals surface area contributed by atoms with Gasteiger partial charge in [0.25, 0.3) is 0 Å². The summed E-state index contributed by atoms with van der Waals surface area (Å²) in [5, 5.41) is 9.00. The lowest BCUT2D eigenvalue weighted by molar-refractivity contribution is -0.130. The summed E-state index contributed by atoms with van der Waals surface area (Å²) in [5.74, 6) is 3.00. The number of sulfone groups is 1. The smallest absolute Gasteiger partial charge is 0.244 e. The Bertz CT molecular complexity index is 1070. The summed E-state index contributed by atoms with van der Waals surface area (Å²) in [7, 11) is -3.87. The molecule has 2 aromatic carbocycles. The molecule has 1 heterocycles. The minimum Gasteiger partial charge on any atom is -0.457 e. The summed E-state index contributed by atoms with van der Waals surface area (Å²) in [4.78, 5) is 14.1. The number of carbonyl (C=O) groups is 1. The van der Waals surface area contributed by atoms with Crippen molar-refractivity contribution < 1.29 is 23.2 Å². The van der Waals surface area contributed by atoms with Crippen LogP contribution >= 0.6 is 0 Å². The molecule has 31 heavy (non-hydrogen) atoms. The monoisotopic (exact) mass is 442 g/mol. The number of rotatable bonds is 7. The molecule has 8 heteroatoms. The summed E-state index contributed by atoms with van der Waals surface area (Å²) in [6.45, 7) is 3.29. The van der Waals surface area contributed by atoms with E-state index in [0.717, 1.165) is 5.56 Å². The molecular weight excluding hydrogens is 416 g/mol. The summed E-state index contributed by atoms with van der Waals surface area (Å²) in [6, 6.07) is 13.7. The molecule has 1 amide bonds. The van der Waals surface area contributed by atoms with Crippen LogP contribution in [0.1, 0.15) is 24.8 Å². The predicted molar refractivity (Wildman–Crippen MR) is 117 cm³/mol.